The molecule has 13 N–H and O–H groups in total. The number of nitrogens with two attached hydrogens (primary N) is 4. The molecule has 0 aromatic rings. The molecule has 3 atom stereocenters. The zero-order valence-electron chi connectivity index (χ0n) is 18.1. The van der Waals surface area contributed by atoms with Gasteiger partial charge in [0, 0.05) is 13.5 Å². The first-order chi connectivity index (χ1) is 15.4. The quantitative estimate of drug-likeness (QED) is 0.0620. The number of primary amides is 2. The number of aliphatic imine (C=N–C) groups is 1. The van der Waals surface area contributed by atoms with E-state index in [2.05, 4.69) is 26.3 Å². The van der Waals surface area contributed by atoms with Crippen molar-refractivity contribution in [3.05, 3.63) is 0 Å². The first-order valence-corrected chi connectivity index (χ1v) is 9.75. The molecule has 0 fully saturated rings. The monoisotopic (exact) mass is 473 g/mol. The van der Waals surface area contributed by atoms with Crippen molar-refractivity contribution in [3.63, 3.8) is 0 Å². The van der Waals surface area contributed by atoms with Gasteiger partial charge in [0.15, 0.2) is 5.96 Å². The second-order valence-electron chi connectivity index (χ2n) is 6.86. The Kier molecular flexibility index (Phi) is 13.2. The van der Waals surface area contributed by atoms with Crippen LogP contribution in [0, 0.1) is 0 Å². The molecule has 33 heavy (non-hydrogen) atoms. The molecule has 0 aliphatic rings. The molecular formula is C17H31N9O7. The van der Waals surface area contributed by atoms with Crippen LogP contribution in [0.3, 0.4) is 0 Å². The molecular weight excluding hydrogens is 442 g/mol. The second kappa shape index (κ2) is 15.0. The second-order valence-corrected chi connectivity index (χ2v) is 6.86. The molecule has 16 heteroatoms. The summed E-state index contributed by atoms with van der Waals surface area (Å²) in [4.78, 5) is 74.2. The van der Waals surface area contributed by atoms with Crippen molar-refractivity contribution in [3.8, 4) is 0 Å². The lowest BCUT2D eigenvalue weighted by molar-refractivity contribution is -0.134. The van der Waals surface area contributed by atoms with Crippen molar-refractivity contribution in [1.82, 2.24) is 21.3 Å². The fourth-order valence-corrected chi connectivity index (χ4v) is 2.44. The van der Waals surface area contributed by atoms with Gasteiger partial charge in [-0.2, -0.15) is 0 Å². The average molecular weight is 473 g/mol. The molecule has 0 saturated heterocycles. The smallest absolute Gasteiger partial charge is 0.243 e. The zero-order chi connectivity index (χ0) is 25.6. The Hall–Kier alpha value is -3.95. The van der Waals surface area contributed by atoms with E-state index in [-0.39, 0.29) is 18.9 Å². The summed E-state index contributed by atoms with van der Waals surface area (Å²) in [6.45, 7) is 0.0186. The number of guanidine groups is 1. The summed E-state index contributed by atoms with van der Waals surface area (Å²) in [5.41, 5.74) is 20.5. The standard InChI is InChI=1S/C17H31N9O7/c1-8(28)24-9(3-2-4-22-17(20)21)15(32)23-6-13(30)25-10(5-12(18)29)16(33)26-11(7-27)14(19)31/h9-11,27H,2-7H2,1H3,(H2,18,29)(H2,19,31)(H,23,32)(H,24,28)(H,25,30)(H,26,33)(H4,20,21,22)/t9-,10-,11-/m0/s1. The van der Waals surface area contributed by atoms with Gasteiger partial charge >= 0.3 is 0 Å². The third-order valence-corrected chi connectivity index (χ3v) is 3.96. The van der Waals surface area contributed by atoms with Crippen LogP contribution in [-0.2, 0) is 28.8 Å². The van der Waals surface area contributed by atoms with Crippen LogP contribution in [-0.4, -0.2) is 84.3 Å². The number of rotatable bonds is 15. The van der Waals surface area contributed by atoms with E-state index in [0.29, 0.717) is 6.42 Å². The van der Waals surface area contributed by atoms with E-state index in [4.69, 9.17) is 28.0 Å². The third-order valence-electron chi connectivity index (χ3n) is 3.96. The van der Waals surface area contributed by atoms with Crippen molar-refractivity contribution in [2.75, 3.05) is 19.7 Å². The Labute approximate surface area is 189 Å². The van der Waals surface area contributed by atoms with Crippen molar-refractivity contribution in [1.29, 1.82) is 0 Å². The number of nitrogens with one attached hydrogen (secondary N) is 4. The number of hydrogen-bond acceptors (Lipinski definition) is 8. The minimum absolute atomic E-state index is 0.122. The molecule has 0 aromatic heterocycles. The molecule has 0 aromatic carbocycles. The lowest BCUT2D eigenvalue weighted by atomic mass is 10.1. The van der Waals surface area contributed by atoms with Crippen LogP contribution in [0.2, 0.25) is 0 Å². The fourth-order valence-electron chi connectivity index (χ4n) is 2.44. The normalized spacial score (nSPS) is 12.9. The molecule has 16 nitrogen and oxygen atoms in total. The van der Waals surface area contributed by atoms with E-state index in [0.717, 1.165) is 0 Å². The van der Waals surface area contributed by atoms with Gasteiger partial charge in [-0.15, -0.1) is 0 Å². The molecule has 0 rings (SSSR count). The van der Waals surface area contributed by atoms with Crippen LogP contribution in [0.25, 0.3) is 0 Å². The highest BCUT2D eigenvalue weighted by Gasteiger charge is 2.27. The molecule has 0 spiro atoms. The van der Waals surface area contributed by atoms with Crippen LogP contribution in [0.4, 0.5) is 0 Å². The van der Waals surface area contributed by atoms with Crippen molar-refractivity contribution < 1.29 is 33.9 Å². The van der Waals surface area contributed by atoms with E-state index in [9.17, 15) is 28.8 Å². The summed E-state index contributed by atoms with van der Waals surface area (Å²) in [5.74, 6) is -5.13. The predicted octanol–water partition coefficient (Wildman–Crippen LogP) is -6.02. The highest BCUT2D eigenvalue weighted by atomic mass is 16.3. The Bertz CT molecular complexity index is 768. The van der Waals surface area contributed by atoms with Gasteiger partial charge in [-0.05, 0) is 12.8 Å². The van der Waals surface area contributed by atoms with Crippen LogP contribution in [0.15, 0.2) is 4.99 Å². The molecule has 0 unspecified atom stereocenters. The molecule has 0 radical (unpaired) electrons. The largest absolute Gasteiger partial charge is 0.394 e. The summed E-state index contributed by atoms with van der Waals surface area (Å²) in [6.07, 6.45) is -0.0941. The van der Waals surface area contributed by atoms with Gasteiger partial charge in [-0.3, -0.25) is 33.8 Å². The van der Waals surface area contributed by atoms with E-state index >= 15 is 0 Å². The number of nitrogens with zero attached hydrogens (tertiary/aromatic N) is 1. The summed E-state index contributed by atoms with van der Waals surface area (Å²) in [6, 6.07) is -3.91. The van der Waals surface area contributed by atoms with Gasteiger partial charge in [0.05, 0.1) is 19.6 Å². The van der Waals surface area contributed by atoms with Gasteiger partial charge in [-0.1, -0.05) is 0 Å². The van der Waals surface area contributed by atoms with E-state index in [1.54, 1.807) is 0 Å². The number of carbonyl (C=O) groups excluding carboxylic acids is 6. The van der Waals surface area contributed by atoms with Gasteiger partial charge < -0.3 is 49.3 Å². The topological polar surface area (TPSA) is 287 Å². The maximum Gasteiger partial charge on any atom is 0.243 e. The van der Waals surface area contributed by atoms with Crippen LogP contribution < -0.4 is 44.2 Å². The predicted molar refractivity (Wildman–Crippen MR) is 114 cm³/mol. The lowest BCUT2D eigenvalue weighted by Crippen LogP contribution is -2.56. The number of aliphatic hydroxyl groups excluding tert-OH is 1. The molecule has 186 valence electrons. The summed E-state index contributed by atoms with van der Waals surface area (Å²) < 4.78 is 0. The van der Waals surface area contributed by atoms with E-state index < -0.39 is 73.1 Å². The van der Waals surface area contributed by atoms with Crippen molar-refractivity contribution in [2.45, 2.75) is 44.3 Å². The van der Waals surface area contributed by atoms with Gasteiger partial charge in [0.2, 0.25) is 35.4 Å². The SMILES string of the molecule is CC(=O)N[C@@H](CCCN=C(N)N)C(=O)NCC(=O)N[C@@H](CC(N)=O)C(=O)N[C@@H](CO)C(N)=O. The molecule has 0 aliphatic carbocycles. The minimum Gasteiger partial charge on any atom is -0.394 e. The van der Waals surface area contributed by atoms with Gasteiger partial charge in [-0.25, -0.2) is 0 Å². The van der Waals surface area contributed by atoms with Crippen molar-refractivity contribution >= 4 is 41.4 Å². The third kappa shape index (κ3) is 13.1. The molecule has 0 heterocycles. The van der Waals surface area contributed by atoms with Gasteiger partial charge in [0.1, 0.15) is 18.1 Å². The Morgan fingerprint density at radius 1 is 0.879 bits per heavy atom. The summed E-state index contributed by atoms with van der Waals surface area (Å²) >= 11 is 0. The first-order valence-electron chi connectivity index (χ1n) is 9.75. The number of hydrogen-bond donors (Lipinski definition) is 9. The lowest BCUT2D eigenvalue weighted by Gasteiger charge is -2.21. The van der Waals surface area contributed by atoms with Crippen LogP contribution in [0.5, 0.6) is 0 Å². The van der Waals surface area contributed by atoms with Crippen molar-refractivity contribution in [2.24, 2.45) is 27.9 Å². The molecule has 0 bridgehead atoms. The summed E-state index contributed by atoms with van der Waals surface area (Å²) in [7, 11) is 0. The van der Waals surface area contributed by atoms with Crippen LogP contribution in [0.1, 0.15) is 26.2 Å². The Balaban J connectivity index is 4.97. The molecule has 0 aliphatic heterocycles. The molecule has 6 amide bonds. The summed E-state index contributed by atoms with van der Waals surface area (Å²) in [5, 5.41) is 18.0. The van der Waals surface area contributed by atoms with E-state index in [1.807, 2.05) is 0 Å². The van der Waals surface area contributed by atoms with Gasteiger partial charge in [0.25, 0.3) is 0 Å². The van der Waals surface area contributed by atoms with E-state index in [1.165, 1.54) is 6.92 Å². The number of amides is 6. The number of aliphatic hydroxyl groups is 1. The minimum atomic E-state index is -1.49. The fraction of sp³-hybridized carbons (Fsp3) is 0.588. The number of carbonyl (C=O) groups is 6. The average Bonchev–Trinajstić information content (AvgIpc) is 2.70. The highest BCUT2D eigenvalue weighted by Crippen LogP contribution is 1.99. The Morgan fingerprint density at radius 2 is 1.52 bits per heavy atom. The zero-order valence-corrected chi connectivity index (χ0v) is 18.1. The highest BCUT2D eigenvalue weighted by molar-refractivity contribution is 5.95. The van der Waals surface area contributed by atoms with Crippen LogP contribution >= 0.6 is 0 Å². The maximum atomic E-state index is 12.3. The Morgan fingerprint density at radius 3 is 2.00 bits per heavy atom. The maximum absolute atomic E-state index is 12.3. The molecule has 0 saturated carbocycles. The first kappa shape index (κ1) is 29.0.